The minimum Gasteiger partial charge on any atom is -0.484 e. The number of rotatable bonds is 6. The van der Waals surface area contributed by atoms with E-state index in [2.05, 4.69) is 5.32 Å². The van der Waals surface area contributed by atoms with Crippen molar-refractivity contribution in [3.63, 3.8) is 0 Å². The van der Waals surface area contributed by atoms with Crippen molar-refractivity contribution in [2.45, 2.75) is 18.4 Å². The zero-order chi connectivity index (χ0) is 17.7. The summed E-state index contributed by atoms with van der Waals surface area (Å²) in [6, 6.07) is 3.94. The lowest BCUT2D eigenvalue weighted by Gasteiger charge is -2.36. The number of carbonyl (C=O) groups is 2. The minimum absolute atomic E-state index is 0.0213. The van der Waals surface area contributed by atoms with Crippen molar-refractivity contribution in [1.29, 1.82) is 0 Å². The van der Waals surface area contributed by atoms with E-state index in [4.69, 9.17) is 21.1 Å². The van der Waals surface area contributed by atoms with E-state index in [1.165, 1.54) is 31.2 Å². The van der Waals surface area contributed by atoms with E-state index in [0.717, 1.165) is 6.07 Å². The number of carbonyl (C=O) groups excluding carboxylic acids is 2. The van der Waals surface area contributed by atoms with Gasteiger partial charge in [-0.3, -0.25) is 9.59 Å². The molecule has 0 aliphatic carbocycles. The lowest BCUT2D eigenvalue weighted by atomic mass is 9.96. The number of benzene rings is 1. The highest BCUT2D eigenvalue weighted by Gasteiger charge is 2.49. The number of amides is 2. The van der Waals surface area contributed by atoms with Crippen molar-refractivity contribution in [2.24, 2.45) is 0 Å². The molecule has 1 aliphatic heterocycles. The Bertz CT molecular complexity index is 628. The molecule has 2 rings (SSSR count). The maximum Gasteiger partial charge on any atom is 0.261 e. The first-order chi connectivity index (χ1) is 11.4. The third kappa shape index (κ3) is 3.62. The quantitative estimate of drug-likeness (QED) is 0.839. The van der Waals surface area contributed by atoms with E-state index in [9.17, 15) is 14.0 Å². The highest BCUT2D eigenvalue weighted by Crippen LogP contribution is 2.30. The number of methoxy groups -OCH3 is 1. The molecule has 1 heterocycles. The summed E-state index contributed by atoms with van der Waals surface area (Å²) in [7, 11) is 3.01. The van der Waals surface area contributed by atoms with Crippen LogP contribution in [0.2, 0.25) is 5.02 Å². The number of likely N-dealkylation sites (N-methyl/N-ethyl adjacent to an activating group) is 1. The van der Waals surface area contributed by atoms with E-state index >= 15 is 0 Å². The average molecular weight is 359 g/mol. The summed E-state index contributed by atoms with van der Waals surface area (Å²) in [6.07, 6.45) is 1.21. The van der Waals surface area contributed by atoms with Crippen molar-refractivity contribution in [2.75, 3.05) is 33.9 Å². The third-order valence-electron chi connectivity index (χ3n) is 4.08. The summed E-state index contributed by atoms with van der Waals surface area (Å²) < 4.78 is 23.9. The van der Waals surface area contributed by atoms with Gasteiger partial charge in [-0.25, -0.2) is 4.39 Å². The Hall–Kier alpha value is -1.86. The van der Waals surface area contributed by atoms with Gasteiger partial charge in [-0.2, -0.15) is 0 Å². The molecule has 0 radical (unpaired) electrons. The molecule has 0 bridgehead atoms. The lowest BCUT2D eigenvalue weighted by Crippen LogP contribution is -2.60. The van der Waals surface area contributed by atoms with E-state index in [0.29, 0.717) is 19.4 Å². The summed E-state index contributed by atoms with van der Waals surface area (Å²) in [5, 5.41) is 2.57. The van der Waals surface area contributed by atoms with Crippen molar-refractivity contribution < 1.29 is 23.5 Å². The summed E-state index contributed by atoms with van der Waals surface area (Å²) in [4.78, 5) is 26.3. The van der Waals surface area contributed by atoms with Gasteiger partial charge in [0, 0.05) is 26.8 Å². The molecular formula is C16H20ClFN2O4. The lowest BCUT2D eigenvalue weighted by molar-refractivity contribution is -0.149. The molecule has 1 fully saturated rings. The van der Waals surface area contributed by atoms with Crippen LogP contribution >= 0.6 is 11.6 Å². The molecule has 1 aromatic rings. The van der Waals surface area contributed by atoms with Crippen LogP contribution in [-0.4, -0.2) is 56.2 Å². The zero-order valence-electron chi connectivity index (χ0n) is 13.6. The van der Waals surface area contributed by atoms with Gasteiger partial charge in [-0.15, -0.1) is 0 Å². The molecule has 1 aliphatic rings. The molecule has 24 heavy (non-hydrogen) atoms. The Morgan fingerprint density at radius 1 is 1.46 bits per heavy atom. The molecule has 2 amide bonds. The molecular weight excluding hydrogens is 339 g/mol. The number of nitrogens with zero attached hydrogens (tertiary/aromatic N) is 1. The SMILES string of the molecule is CNC(=O)C1(COC)CCCN1C(=O)COc1ccc(Cl)c(F)c1. The third-order valence-corrected chi connectivity index (χ3v) is 4.38. The second-order valence-electron chi connectivity index (χ2n) is 5.56. The Kier molecular flexibility index (Phi) is 6.01. The van der Waals surface area contributed by atoms with Crippen molar-refractivity contribution in [1.82, 2.24) is 10.2 Å². The van der Waals surface area contributed by atoms with Gasteiger partial charge in [0.05, 0.1) is 11.6 Å². The standard InChI is InChI=1S/C16H20ClFN2O4/c1-19-15(22)16(10-23-2)6-3-7-20(16)14(21)9-24-11-4-5-12(17)13(18)8-11/h4-5,8H,3,6-7,9-10H2,1-2H3,(H,19,22). The second kappa shape index (κ2) is 7.81. The summed E-state index contributed by atoms with van der Waals surface area (Å²) in [5.41, 5.74) is -1.03. The normalized spacial score (nSPS) is 20.1. The van der Waals surface area contributed by atoms with Gasteiger partial charge >= 0.3 is 0 Å². The second-order valence-corrected chi connectivity index (χ2v) is 5.96. The first-order valence-corrected chi connectivity index (χ1v) is 7.92. The molecule has 0 spiro atoms. The maximum absolute atomic E-state index is 13.4. The van der Waals surface area contributed by atoms with Crippen LogP contribution in [0.1, 0.15) is 12.8 Å². The number of halogens is 2. The topological polar surface area (TPSA) is 67.9 Å². The fourth-order valence-electron chi connectivity index (χ4n) is 2.95. The van der Waals surface area contributed by atoms with Crippen LogP contribution < -0.4 is 10.1 Å². The van der Waals surface area contributed by atoms with Crippen LogP contribution in [0.5, 0.6) is 5.75 Å². The molecule has 8 heteroatoms. The molecule has 1 atom stereocenters. The van der Waals surface area contributed by atoms with Crippen LogP contribution in [-0.2, 0) is 14.3 Å². The molecule has 1 unspecified atom stereocenters. The fourth-order valence-corrected chi connectivity index (χ4v) is 3.07. The van der Waals surface area contributed by atoms with Crippen LogP contribution in [0.3, 0.4) is 0 Å². The van der Waals surface area contributed by atoms with Gasteiger partial charge in [0.1, 0.15) is 17.1 Å². The Labute approximate surface area is 144 Å². The molecule has 1 N–H and O–H groups in total. The first-order valence-electron chi connectivity index (χ1n) is 7.54. The number of hydrogen-bond donors (Lipinski definition) is 1. The van der Waals surface area contributed by atoms with Crippen molar-refractivity contribution in [3.05, 3.63) is 29.0 Å². The van der Waals surface area contributed by atoms with Crippen LogP contribution in [0.4, 0.5) is 4.39 Å². The fraction of sp³-hybridized carbons (Fsp3) is 0.500. The van der Waals surface area contributed by atoms with E-state index in [-0.39, 0.29) is 35.8 Å². The minimum atomic E-state index is -1.03. The van der Waals surface area contributed by atoms with Crippen LogP contribution in [0.25, 0.3) is 0 Å². The van der Waals surface area contributed by atoms with Gasteiger partial charge in [-0.05, 0) is 25.0 Å². The van der Waals surface area contributed by atoms with E-state index in [1.807, 2.05) is 0 Å². The predicted octanol–water partition coefficient (Wildman–Crippen LogP) is 1.61. The monoisotopic (exact) mass is 358 g/mol. The number of nitrogens with one attached hydrogen (secondary N) is 1. The maximum atomic E-state index is 13.4. The first kappa shape index (κ1) is 18.5. The molecule has 132 valence electrons. The Morgan fingerprint density at radius 2 is 2.21 bits per heavy atom. The molecule has 1 saturated heterocycles. The van der Waals surface area contributed by atoms with Crippen LogP contribution in [0.15, 0.2) is 18.2 Å². The summed E-state index contributed by atoms with van der Waals surface area (Å²) in [6.45, 7) is 0.242. The zero-order valence-corrected chi connectivity index (χ0v) is 14.4. The smallest absolute Gasteiger partial charge is 0.261 e. The summed E-state index contributed by atoms with van der Waals surface area (Å²) >= 11 is 5.61. The van der Waals surface area contributed by atoms with Gasteiger partial charge in [0.2, 0.25) is 5.91 Å². The van der Waals surface area contributed by atoms with Gasteiger partial charge in [0.25, 0.3) is 5.91 Å². The Balaban J connectivity index is 2.09. The van der Waals surface area contributed by atoms with E-state index in [1.54, 1.807) is 0 Å². The average Bonchev–Trinajstić information content (AvgIpc) is 3.00. The predicted molar refractivity (Wildman–Crippen MR) is 86.5 cm³/mol. The largest absolute Gasteiger partial charge is 0.484 e. The van der Waals surface area contributed by atoms with Gasteiger partial charge in [-0.1, -0.05) is 11.6 Å². The molecule has 0 saturated carbocycles. The van der Waals surface area contributed by atoms with E-state index < -0.39 is 11.4 Å². The number of ether oxygens (including phenoxy) is 2. The molecule has 0 aromatic heterocycles. The number of hydrogen-bond acceptors (Lipinski definition) is 4. The molecule has 1 aromatic carbocycles. The highest BCUT2D eigenvalue weighted by molar-refractivity contribution is 6.30. The number of likely N-dealkylation sites (tertiary alicyclic amines) is 1. The Morgan fingerprint density at radius 3 is 2.83 bits per heavy atom. The van der Waals surface area contributed by atoms with Crippen LogP contribution in [0, 0.1) is 5.82 Å². The highest BCUT2D eigenvalue weighted by atomic mass is 35.5. The summed E-state index contributed by atoms with van der Waals surface area (Å²) in [5.74, 6) is -1.06. The van der Waals surface area contributed by atoms with Gasteiger partial charge < -0.3 is 19.7 Å². The van der Waals surface area contributed by atoms with Gasteiger partial charge in [0.15, 0.2) is 6.61 Å². The molecule has 6 nitrogen and oxygen atoms in total. The van der Waals surface area contributed by atoms with Crippen molar-refractivity contribution in [3.8, 4) is 5.75 Å². The van der Waals surface area contributed by atoms with Crippen molar-refractivity contribution >= 4 is 23.4 Å².